The van der Waals surface area contributed by atoms with Crippen LogP contribution < -0.4 is 5.32 Å². The summed E-state index contributed by atoms with van der Waals surface area (Å²) >= 11 is 3.47. The molecule has 0 bridgehead atoms. The van der Waals surface area contributed by atoms with E-state index in [2.05, 4.69) is 40.3 Å². The second-order valence-corrected chi connectivity index (χ2v) is 5.64. The highest BCUT2D eigenvalue weighted by atomic mass is 79.9. The predicted octanol–water partition coefficient (Wildman–Crippen LogP) is 5.00. The first kappa shape index (κ1) is 14.2. The maximum atomic E-state index is 13.2. The van der Waals surface area contributed by atoms with Gasteiger partial charge in [0.1, 0.15) is 5.82 Å². The Hall–Kier alpha value is -1.19. The molecule has 1 N–H and O–H groups in total. The highest BCUT2D eigenvalue weighted by Gasteiger charge is 2.11. The minimum absolute atomic E-state index is 0.102. The van der Waals surface area contributed by atoms with Crippen molar-refractivity contribution in [3.05, 3.63) is 69.9 Å². The molecule has 0 heterocycles. The van der Waals surface area contributed by atoms with Crippen LogP contribution in [0.25, 0.3) is 0 Å². The molecule has 0 saturated heterocycles. The summed E-state index contributed by atoms with van der Waals surface area (Å²) in [6, 6.07) is 15.2. The summed E-state index contributed by atoms with van der Waals surface area (Å²) in [4.78, 5) is 0. The smallest absolute Gasteiger partial charge is 0.123 e. The van der Waals surface area contributed by atoms with Gasteiger partial charge in [-0.15, -0.1) is 0 Å². The highest BCUT2D eigenvalue weighted by molar-refractivity contribution is 9.10. The van der Waals surface area contributed by atoms with Crippen molar-refractivity contribution in [1.82, 2.24) is 5.32 Å². The van der Waals surface area contributed by atoms with Crippen molar-refractivity contribution in [1.29, 1.82) is 0 Å². The molecular formula is C16H17BrFN. The van der Waals surface area contributed by atoms with E-state index in [9.17, 15) is 4.39 Å². The van der Waals surface area contributed by atoms with Crippen molar-refractivity contribution in [2.75, 3.05) is 0 Å². The summed E-state index contributed by atoms with van der Waals surface area (Å²) in [7, 11) is 0. The van der Waals surface area contributed by atoms with Crippen LogP contribution in [0.2, 0.25) is 0 Å². The summed E-state index contributed by atoms with van der Waals surface area (Å²) in [5.41, 5.74) is 2.17. The molecule has 0 aliphatic carbocycles. The number of halogens is 2. The largest absolute Gasteiger partial charge is 0.304 e. The van der Waals surface area contributed by atoms with E-state index < -0.39 is 0 Å². The van der Waals surface area contributed by atoms with Gasteiger partial charge in [0.15, 0.2) is 0 Å². The molecule has 0 aromatic heterocycles. The van der Waals surface area contributed by atoms with Crippen LogP contribution in [0.1, 0.15) is 37.1 Å². The fourth-order valence-corrected chi connectivity index (χ4v) is 2.54. The maximum Gasteiger partial charge on any atom is 0.123 e. The maximum absolute atomic E-state index is 13.2. The van der Waals surface area contributed by atoms with Gasteiger partial charge in [-0.3, -0.25) is 0 Å². The number of rotatable bonds is 4. The van der Waals surface area contributed by atoms with Gasteiger partial charge in [-0.2, -0.15) is 0 Å². The van der Waals surface area contributed by atoms with E-state index in [1.165, 1.54) is 11.6 Å². The molecule has 19 heavy (non-hydrogen) atoms. The molecule has 0 aliphatic heterocycles. The normalized spacial score (nSPS) is 14.1. The summed E-state index contributed by atoms with van der Waals surface area (Å²) in [6.45, 7) is 4.15. The van der Waals surface area contributed by atoms with Crippen molar-refractivity contribution in [3.8, 4) is 0 Å². The third kappa shape index (κ3) is 3.88. The van der Waals surface area contributed by atoms with Crippen molar-refractivity contribution < 1.29 is 4.39 Å². The van der Waals surface area contributed by atoms with E-state index in [0.29, 0.717) is 0 Å². The van der Waals surface area contributed by atoms with Crippen molar-refractivity contribution in [2.24, 2.45) is 0 Å². The van der Waals surface area contributed by atoms with Crippen LogP contribution in [0, 0.1) is 5.82 Å². The molecule has 100 valence electrons. The Morgan fingerprint density at radius 2 is 1.53 bits per heavy atom. The third-order valence-corrected chi connectivity index (χ3v) is 3.69. The molecule has 1 unspecified atom stereocenters. The lowest BCUT2D eigenvalue weighted by Gasteiger charge is -2.21. The Kier molecular flexibility index (Phi) is 4.72. The van der Waals surface area contributed by atoms with Crippen molar-refractivity contribution in [3.63, 3.8) is 0 Å². The summed E-state index contributed by atoms with van der Waals surface area (Å²) in [5.74, 6) is -0.193. The van der Waals surface area contributed by atoms with E-state index in [0.717, 1.165) is 10.0 Å². The van der Waals surface area contributed by atoms with Gasteiger partial charge in [0.25, 0.3) is 0 Å². The third-order valence-electron chi connectivity index (χ3n) is 3.20. The van der Waals surface area contributed by atoms with Crippen LogP contribution in [-0.2, 0) is 0 Å². The van der Waals surface area contributed by atoms with Crippen LogP contribution >= 0.6 is 15.9 Å². The van der Waals surface area contributed by atoms with Gasteiger partial charge in [-0.05, 0) is 49.2 Å². The van der Waals surface area contributed by atoms with E-state index in [-0.39, 0.29) is 17.9 Å². The van der Waals surface area contributed by atoms with Crippen LogP contribution in [0.15, 0.2) is 53.0 Å². The highest BCUT2D eigenvalue weighted by Crippen LogP contribution is 2.22. The Bertz CT molecular complexity index is 506. The zero-order valence-corrected chi connectivity index (χ0v) is 12.6. The summed E-state index contributed by atoms with van der Waals surface area (Å²) < 4.78 is 14.3. The minimum Gasteiger partial charge on any atom is -0.304 e. The minimum atomic E-state index is -0.193. The summed E-state index contributed by atoms with van der Waals surface area (Å²) in [6.07, 6.45) is 0. The van der Waals surface area contributed by atoms with Crippen LogP contribution in [0.4, 0.5) is 4.39 Å². The Morgan fingerprint density at radius 3 is 2.11 bits per heavy atom. The van der Waals surface area contributed by atoms with Gasteiger partial charge in [0, 0.05) is 16.6 Å². The SMILES string of the molecule is CC(N[C@@H](C)c1cccc(Br)c1)c1cccc(F)c1. The van der Waals surface area contributed by atoms with Gasteiger partial charge in [-0.25, -0.2) is 4.39 Å². The molecule has 0 saturated carbocycles. The lowest BCUT2D eigenvalue weighted by atomic mass is 10.0. The molecule has 2 aromatic carbocycles. The zero-order chi connectivity index (χ0) is 13.8. The van der Waals surface area contributed by atoms with E-state index in [4.69, 9.17) is 0 Å². The quantitative estimate of drug-likeness (QED) is 0.835. The van der Waals surface area contributed by atoms with Crippen molar-refractivity contribution >= 4 is 15.9 Å². The first-order valence-electron chi connectivity index (χ1n) is 6.33. The standard InChI is InChI=1S/C16H17BrFN/c1-11(13-5-3-7-15(17)9-13)19-12(2)14-6-4-8-16(18)10-14/h3-12,19H,1-2H3/t11-,12?/m0/s1. The van der Waals surface area contributed by atoms with E-state index in [1.807, 2.05) is 25.1 Å². The second-order valence-electron chi connectivity index (χ2n) is 4.72. The number of hydrogen-bond acceptors (Lipinski definition) is 1. The molecule has 0 fully saturated rings. The van der Waals surface area contributed by atoms with E-state index >= 15 is 0 Å². The topological polar surface area (TPSA) is 12.0 Å². The lowest BCUT2D eigenvalue weighted by molar-refractivity contribution is 0.492. The number of hydrogen-bond donors (Lipinski definition) is 1. The predicted molar refractivity (Wildman–Crippen MR) is 80.5 cm³/mol. The Morgan fingerprint density at radius 1 is 0.947 bits per heavy atom. The van der Waals surface area contributed by atoms with Gasteiger partial charge >= 0.3 is 0 Å². The Balaban J connectivity index is 2.08. The second kappa shape index (κ2) is 6.31. The zero-order valence-electron chi connectivity index (χ0n) is 11.0. The molecule has 0 amide bonds. The molecular weight excluding hydrogens is 305 g/mol. The fourth-order valence-electron chi connectivity index (χ4n) is 2.12. The molecule has 0 aliphatic rings. The van der Waals surface area contributed by atoms with Gasteiger partial charge in [0.2, 0.25) is 0 Å². The van der Waals surface area contributed by atoms with Crippen LogP contribution in [0.5, 0.6) is 0 Å². The van der Waals surface area contributed by atoms with Gasteiger partial charge < -0.3 is 5.32 Å². The molecule has 0 radical (unpaired) electrons. The monoisotopic (exact) mass is 321 g/mol. The van der Waals surface area contributed by atoms with E-state index in [1.54, 1.807) is 12.1 Å². The summed E-state index contributed by atoms with van der Waals surface area (Å²) in [5, 5.41) is 3.48. The average Bonchev–Trinajstić information content (AvgIpc) is 2.38. The van der Waals surface area contributed by atoms with Crippen LogP contribution in [-0.4, -0.2) is 0 Å². The molecule has 1 nitrogen and oxygen atoms in total. The van der Waals surface area contributed by atoms with Gasteiger partial charge in [-0.1, -0.05) is 40.2 Å². The molecule has 3 heteroatoms. The lowest BCUT2D eigenvalue weighted by Crippen LogP contribution is -2.22. The van der Waals surface area contributed by atoms with Gasteiger partial charge in [0.05, 0.1) is 0 Å². The molecule has 2 atom stereocenters. The first-order valence-corrected chi connectivity index (χ1v) is 7.12. The molecule has 2 rings (SSSR count). The molecule has 0 spiro atoms. The number of nitrogens with one attached hydrogen (secondary N) is 1. The fraction of sp³-hybridized carbons (Fsp3) is 0.250. The first-order chi connectivity index (χ1) is 9.06. The molecule has 2 aromatic rings. The van der Waals surface area contributed by atoms with Crippen molar-refractivity contribution in [2.45, 2.75) is 25.9 Å². The number of benzene rings is 2. The average molecular weight is 322 g/mol. The van der Waals surface area contributed by atoms with Crippen LogP contribution in [0.3, 0.4) is 0 Å². The Labute approximate surface area is 122 Å².